The van der Waals surface area contributed by atoms with Gasteiger partial charge in [-0.05, 0) is 40.7 Å². The van der Waals surface area contributed by atoms with Crippen LogP contribution in [0.3, 0.4) is 0 Å². The predicted molar refractivity (Wildman–Crippen MR) is 138 cm³/mol. The molecule has 1 aliphatic rings. The molecule has 36 heavy (non-hydrogen) atoms. The molecule has 8 heteroatoms. The van der Waals surface area contributed by atoms with E-state index in [1.54, 1.807) is 4.57 Å². The van der Waals surface area contributed by atoms with Crippen LogP contribution in [-0.2, 0) is 19.5 Å². The maximum Gasteiger partial charge on any atom is 0.330 e. The molecule has 0 aliphatic heterocycles. The summed E-state index contributed by atoms with van der Waals surface area (Å²) in [5.41, 5.74) is 4.12. The minimum Gasteiger partial charge on any atom is -0.289 e. The van der Waals surface area contributed by atoms with Crippen LogP contribution in [0.1, 0.15) is 63.1 Å². The monoisotopic (exact) mass is 488 g/mol. The van der Waals surface area contributed by atoms with Crippen LogP contribution in [0.2, 0.25) is 0 Å². The number of nitrogens with one attached hydrogen (secondary N) is 1. The number of aromatic nitrogens is 6. The van der Waals surface area contributed by atoms with Gasteiger partial charge in [-0.2, -0.15) is 9.60 Å². The second-order valence-electron chi connectivity index (χ2n) is 9.78. The van der Waals surface area contributed by atoms with Crippen LogP contribution in [0, 0.1) is 11.9 Å². The molecule has 1 saturated carbocycles. The van der Waals surface area contributed by atoms with Gasteiger partial charge in [0.1, 0.15) is 0 Å². The molecule has 4 aromatic rings. The number of aromatic amines is 1. The Kier molecular flexibility index (Phi) is 7.39. The highest BCUT2D eigenvalue weighted by atomic mass is 19.1. The molecular formula is C28H33FN6O. The summed E-state index contributed by atoms with van der Waals surface area (Å²) in [5.74, 6) is 0.782. The molecule has 0 atom stereocenters. The van der Waals surface area contributed by atoms with Crippen LogP contribution in [-0.4, -0.2) is 29.8 Å². The van der Waals surface area contributed by atoms with Crippen LogP contribution < -0.4 is 5.69 Å². The number of imidazole rings is 1. The molecule has 0 spiro atoms. The summed E-state index contributed by atoms with van der Waals surface area (Å²) >= 11 is 0. The van der Waals surface area contributed by atoms with Gasteiger partial charge in [-0.3, -0.25) is 9.13 Å². The molecule has 0 amide bonds. The first-order chi connectivity index (χ1) is 17.7. The average Bonchev–Trinajstić information content (AvgIpc) is 3.53. The fourth-order valence-corrected chi connectivity index (χ4v) is 5.41. The van der Waals surface area contributed by atoms with E-state index in [2.05, 4.69) is 20.6 Å². The lowest BCUT2D eigenvalue weighted by Crippen LogP contribution is -2.27. The second kappa shape index (κ2) is 11.0. The lowest BCUT2D eigenvalue weighted by Gasteiger charge is -2.21. The first-order valence-corrected chi connectivity index (χ1v) is 13.1. The molecule has 1 N–H and O–H groups in total. The molecule has 0 unspecified atom stereocenters. The van der Waals surface area contributed by atoms with Crippen molar-refractivity contribution in [3.8, 4) is 22.5 Å². The van der Waals surface area contributed by atoms with Crippen molar-refractivity contribution >= 4 is 0 Å². The maximum absolute atomic E-state index is 15.4. The lowest BCUT2D eigenvalue weighted by molar-refractivity contribution is 0.314. The molecular weight excluding hydrogens is 455 g/mol. The zero-order chi connectivity index (χ0) is 24.9. The molecule has 7 nitrogen and oxygen atoms in total. The van der Waals surface area contributed by atoms with Crippen molar-refractivity contribution in [1.82, 2.24) is 29.8 Å². The van der Waals surface area contributed by atoms with Crippen LogP contribution in [0.25, 0.3) is 22.5 Å². The normalized spacial score (nSPS) is 14.4. The average molecular weight is 489 g/mol. The standard InChI is InChI=1S/C28H33FN6O/c1-2-8-25-26(29)34(18-17-20-9-4-3-5-10-20)28(36)35(25)19-21-13-15-22(16-14-21)23-11-6-7-12-24(23)27-30-32-33-31-27/h6-7,11-16,20H,2-5,8-10,17-19H2,1H3,(H,30,31,32,33). The van der Waals surface area contributed by atoms with Gasteiger partial charge in [0.25, 0.3) is 0 Å². The van der Waals surface area contributed by atoms with Gasteiger partial charge in [0.05, 0.1) is 12.2 Å². The van der Waals surface area contributed by atoms with Gasteiger partial charge < -0.3 is 0 Å². The van der Waals surface area contributed by atoms with Crippen molar-refractivity contribution in [2.24, 2.45) is 5.92 Å². The minimum absolute atomic E-state index is 0.238. The summed E-state index contributed by atoms with van der Waals surface area (Å²) in [7, 11) is 0. The van der Waals surface area contributed by atoms with E-state index < -0.39 is 0 Å². The highest BCUT2D eigenvalue weighted by Gasteiger charge is 2.21. The van der Waals surface area contributed by atoms with Gasteiger partial charge in [0.2, 0.25) is 11.8 Å². The fourth-order valence-electron chi connectivity index (χ4n) is 5.41. The highest BCUT2D eigenvalue weighted by molar-refractivity contribution is 5.80. The van der Waals surface area contributed by atoms with E-state index in [4.69, 9.17) is 0 Å². The summed E-state index contributed by atoms with van der Waals surface area (Å²) < 4.78 is 18.4. The molecule has 188 valence electrons. The smallest absolute Gasteiger partial charge is 0.289 e. The third-order valence-electron chi connectivity index (χ3n) is 7.35. The Morgan fingerprint density at radius 2 is 1.75 bits per heavy atom. The van der Waals surface area contributed by atoms with Gasteiger partial charge in [-0.15, -0.1) is 10.2 Å². The quantitative estimate of drug-likeness (QED) is 0.332. The van der Waals surface area contributed by atoms with E-state index in [0.29, 0.717) is 36.9 Å². The van der Waals surface area contributed by atoms with Crippen molar-refractivity contribution in [2.45, 2.75) is 71.4 Å². The number of rotatable bonds is 9. The summed E-state index contributed by atoms with van der Waals surface area (Å²) in [6.45, 7) is 2.84. The number of benzene rings is 2. The molecule has 2 aromatic carbocycles. The second-order valence-corrected chi connectivity index (χ2v) is 9.78. The SMILES string of the molecule is CCCc1c(F)n(CCC2CCCCC2)c(=O)n1Cc1ccc(-c2ccccc2-c2nn[nH]n2)cc1. The Balaban J connectivity index is 1.38. The van der Waals surface area contributed by atoms with Crippen LogP contribution in [0.15, 0.2) is 53.3 Å². The van der Waals surface area contributed by atoms with E-state index in [1.807, 2.05) is 55.5 Å². The zero-order valence-corrected chi connectivity index (χ0v) is 20.8. The van der Waals surface area contributed by atoms with Gasteiger partial charge >= 0.3 is 5.69 Å². The zero-order valence-electron chi connectivity index (χ0n) is 20.8. The van der Waals surface area contributed by atoms with Gasteiger partial charge in [-0.25, -0.2) is 4.79 Å². The number of halogens is 1. The molecule has 0 saturated heterocycles. The first-order valence-electron chi connectivity index (χ1n) is 13.1. The van der Waals surface area contributed by atoms with Crippen molar-refractivity contribution in [3.05, 3.63) is 76.2 Å². The number of tetrazole rings is 1. The minimum atomic E-state index is -0.358. The van der Waals surface area contributed by atoms with Crippen LogP contribution in [0.5, 0.6) is 0 Å². The van der Waals surface area contributed by atoms with Crippen molar-refractivity contribution in [3.63, 3.8) is 0 Å². The van der Waals surface area contributed by atoms with Crippen LogP contribution >= 0.6 is 0 Å². The van der Waals surface area contributed by atoms with Gasteiger partial charge in [0, 0.05) is 12.1 Å². The summed E-state index contributed by atoms with van der Waals surface area (Å²) in [4.78, 5) is 13.3. The predicted octanol–water partition coefficient (Wildman–Crippen LogP) is 5.61. The molecule has 0 radical (unpaired) electrons. The van der Waals surface area contributed by atoms with E-state index in [1.165, 1.54) is 36.7 Å². The third kappa shape index (κ3) is 5.03. The maximum atomic E-state index is 15.4. The van der Waals surface area contributed by atoms with Crippen molar-refractivity contribution in [1.29, 1.82) is 0 Å². The van der Waals surface area contributed by atoms with Gasteiger partial charge in [-0.1, -0.05) is 94.0 Å². The fraction of sp³-hybridized carbons (Fsp3) is 0.429. The molecule has 2 aromatic heterocycles. The highest BCUT2D eigenvalue weighted by Crippen LogP contribution is 2.30. The number of hydrogen-bond acceptors (Lipinski definition) is 4. The number of H-pyrrole nitrogens is 1. The molecule has 1 fully saturated rings. The molecule has 0 bridgehead atoms. The van der Waals surface area contributed by atoms with Crippen molar-refractivity contribution in [2.75, 3.05) is 0 Å². The summed E-state index contributed by atoms with van der Waals surface area (Å²) in [6.07, 6.45) is 8.40. The Morgan fingerprint density at radius 3 is 2.44 bits per heavy atom. The van der Waals surface area contributed by atoms with E-state index in [-0.39, 0.29) is 11.6 Å². The lowest BCUT2D eigenvalue weighted by atomic mass is 9.87. The first kappa shape index (κ1) is 24.2. The molecule has 1 aliphatic carbocycles. The van der Waals surface area contributed by atoms with Crippen LogP contribution in [0.4, 0.5) is 4.39 Å². The Hall–Kier alpha value is -3.55. The van der Waals surface area contributed by atoms with E-state index in [0.717, 1.165) is 35.1 Å². The molecule has 2 heterocycles. The molecule has 5 rings (SSSR count). The Morgan fingerprint density at radius 1 is 1.00 bits per heavy atom. The Labute approximate surface area is 210 Å². The van der Waals surface area contributed by atoms with Gasteiger partial charge in [0.15, 0.2) is 0 Å². The summed E-state index contributed by atoms with van der Waals surface area (Å²) in [5, 5.41) is 14.4. The topological polar surface area (TPSA) is 81.4 Å². The van der Waals surface area contributed by atoms with Crippen molar-refractivity contribution < 1.29 is 4.39 Å². The summed E-state index contributed by atoms with van der Waals surface area (Å²) in [6, 6.07) is 15.9. The third-order valence-corrected chi connectivity index (χ3v) is 7.35. The number of nitrogens with zero attached hydrogens (tertiary/aromatic N) is 5. The largest absolute Gasteiger partial charge is 0.330 e. The Bertz CT molecular complexity index is 1330. The number of hydrogen-bond donors (Lipinski definition) is 1. The van der Waals surface area contributed by atoms with E-state index >= 15 is 4.39 Å². The van der Waals surface area contributed by atoms with E-state index in [9.17, 15) is 4.79 Å².